The number of aromatic nitrogens is 1. The smallest absolute Gasteiger partial charge is 0.355 e. The van der Waals surface area contributed by atoms with Crippen molar-refractivity contribution in [1.82, 2.24) is 4.98 Å². The average molecular weight is 355 g/mol. The van der Waals surface area contributed by atoms with Gasteiger partial charge in [-0.3, -0.25) is 4.79 Å². The summed E-state index contributed by atoms with van der Waals surface area (Å²) in [6.07, 6.45) is -1.79. The Bertz CT molecular complexity index is 877. The number of hydrogen-bond acceptors (Lipinski definition) is 5. The number of carbonyl (C=O) groups is 2. The number of esters is 1. The van der Waals surface area contributed by atoms with Crippen molar-refractivity contribution in [2.75, 3.05) is 5.32 Å². The number of nitrogens with zero attached hydrogens (tertiary/aromatic N) is 1. The summed E-state index contributed by atoms with van der Waals surface area (Å²) < 4.78 is 5.23. The summed E-state index contributed by atoms with van der Waals surface area (Å²) in [5, 5.41) is 21.4. The van der Waals surface area contributed by atoms with Crippen LogP contribution in [0.25, 0.3) is 0 Å². The normalized spacial score (nSPS) is 12.8. The third-order valence-corrected chi connectivity index (χ3v) is 4.08. The zero-order valence-corrected chi connectivity index (χ0v) is 15.1. The minimum absolute atomic E-state index is 0.204. The first-order chi connectivity index (χ1) is 12.3. The Morgan fingerprint density at radius 2 is 1.92 bits per heavy atom. The number of amides is 1. The fourth-order valence-electron chi connectivity index (χ4n) is 2.79. The highest BCUT2D eigenvalue weighted by Crippen LogP contribution is 2.25. The van der Waals surface area contributed by atoms with Gasteiger partial charge >= 0.3 is 5.97 Å². The van der Waals surface area contributed by atoms with E-state index in [2.05, 4.69) is 10.3 Å². The number of hydrogen-bond donors (Lipinski definition) is 3. The van der Waals surface area contributed by atoms with E-state index >= 15 is 0 Å². The monoisotopic (exact) mass is 355 g/mol. The molecule has 3 N–H and O–H groups in total. The number of aliphatic hydroxyl groups is 1. The van der Waals surface area contributed by atoms with E-state index in [0.29, 0.717) is 28.1 Å². The number of H-pyrrole nitrogens is 1. The highest BCUT2D eigenvalue weighted by Gasteiger charge is 2.25. The summed E-state index contributed by atoms with van der Waals surface area (Å²) >= 11 is 0. The Balaban J connectivity index is 2.11. The van der Waals surface area contributed by atoms with Crippen LogP contribution in [0, 0.1) is 25.2 Å². The second kappa shape index (κ2) is 7.85. The molecule has 7 nitrogen and oxygen atoms in total. The number of nitriles is 1. The van der Waals surface area contributed by atoms with Crippen molar-refractivity contribution < 1.29 is 19.4 Å². The number of rotatable bonds is 5. The number of benzene rings is 1. The summed E-state index contributed by atoms with van der Waals surface area (Å²) in [6.45, 7) is 6.51. The lowest BCUT2D eigenvalue weighted by atomic mass is 10.1. The number of nitrogens with one attached hydrogen (secondary N) is 2. The van der Waals surface area contributed by atoms with Gasteiger partial charge in [-0.2, -0.15) is 5.26 Å². The zero-order chi connectivity index (χ0) is 19.4. The zero-order valence-electron chi connectivity index (χ0n) is 15.1. The molecule has 2 aromatic rings. The number of ether oxygens (including phenoxy) is 1. The number of anilines is 1. The van der Waals surface area contributed by atoms with Crippen molar-refractivity contribution in [2.45, 2.75) is 39.9 Å². The molecular weight excluding hydrogens is 334 g/mol. The molecule has 0 aliphatic rings. The number of carbonyl (C=O) groups excluding carboxylic acids is 2. The number of para-hydroxylation sites is 1. The molecule has 0 saturated carbocycles. The predicted octanol–water partition coefficient (Wildman–Crippen LogP) is 2.74. The van der Waals surface area contributed by atoms with Gasteiger partial charge in [0.1, 0.15) is 11.8 Å². The SMILES string of the molecule is Cc1[nH]c(C(=O)O[C@@H](C)C(=O)Nc2ccccc2C#N)c(C)c1[C@H](C)O. The molecule has 136 valence electrons. The summed E-state index contributed by atoms with van der Waals surface area (Å²) in [5.74, 6) is -1.23. The Hall–Kier alpha value is -3.11. The Morgan fingerprint density at radius 3 is 2.50 bits per heavy atom. The van der Waals surface area contributed by atoms with Gasteiger partial charge in [-0.25, -0.2) is 4.79 Å². The van der Waals surface area contributed by atoms with Gasteiger partial charge in [0.25, 0.3) is 5.91 Å². The summed E-state index contributed by atoms with van der Waals surface area (Å²) in [4.78, 5) is 27.5. The molecule has 1 amide bonds. The first-order valence-corrected chi connectivity index (χ1v) is 8.14. The lowest BCUT2D eigenvalue weighted by Gasteiger charge is -2.14. The lowest BCUT2D eigenvalue weighted by molar-refractivity contribution is -0.123. The van der Waals surface area contributed by atoms with Gasteiger partial charge in [0.2, 0.25) is 0 Å². The standard InChI is InChI=1S/C19H21N3O4/c1-10-16(12(3)23)11(2)21-17(10)19(25)26-13(4)18(24)22-15-8-6-5-7-14(15)9-20/h5-8,12-13,21,23H,1-4H3,(H,22,24)/t12-,13-/m0/s1. The molecule has 0 saturated heterocycles. The molecule has 0 spiro atoms. The molecule has 0 bridgehead atoms. The van der Waals surface area contributed by atoms with Crippen LogP contribution in [0.3, 0.4) is 0 Å². The molecular formula is C19H21N3O4. The van der Waals surface area contributed by atoms with Crippen molar-refractivity contribution in [3.8, 4) is 6.07 Å². The topological polar surface area (TPSA) is 115 Å². The molecule has 1 heterocycles. The van der Waals surface area contributed by atoms with Gasteiger partial charge in [0, 0.05) is 11.3 Å². The first kappa shape index (κ1) is 19.2. The van der Waals surface area contributed by atoms with Crippen molar-refractivity contribution in [3.63, 3.8) is 0 Å². The maximum absolute atomic E-state index is 12.4. The molecule has 0 unspecified atom stereocenters. The summed E-state index contributed by atoms with van der Waals surface area (Å²) in [6, 6.07) is 8.53. The molecule has 1 aromatic carbocycles. The van der Waals surface area contributed by atoms with Crippen molar-refractivity contribution in [3.05, 3.63) is 52.3 Å². The number of aliphatic hydroxyl groups excluding tert-OH is 1. The highest BCUT2D eigenvalue weighted by atomic mass is 16.5. The minimum Gasteiger partial charge on any atom is -0.448 e. The van der Waals surface area contributed by atoms with Crippen LogP contribution in [-0.2, 0) is 9.53 Å². The van der Waals surface area contributed by atoms with Crippen LogP contribution in [-0.4, -0.2) is 28.1 Å². The van der Waals surface area contributed by atoms with Crippen LogP contribution < -0.4 is 5.32 Å². The van der Waals surface area contributed by atoms with Crippen LogP contribution in [0.5, 0.6) is 0 Å². The van der Waals surface area contributed by atoms with Gasteiger partial charge in [0.05, 0.1) is 17.4 Å². The molecule has 26 heavy (non-hydrogen) atoms. The fourth-order valence-corrected chi connectivity index (χ4v) is 2.79. The van der Waals surface area contributed by atoms with Gasteiger partial charge in [-0.15, -0.1) is 0 Å². The van der Waals surface area contributed by atoms with Gasteiger partial charge < -0.3 is 20.1 Å². The van der Waals surface area contributed by atoms with Crippen LogP contribution in [0.4, 0.5) is 5.69 Å². The van der Waals surface area contributed by atoms with Crippen LogP contribution in [0.1, 0.15) is 52.8 Å². The van der Waals surface area contributed by atoms with E-state index in [4.69, 9.17) is 10.00 Å². The van der Waals surface area contributed by atoms with E-state index in [1.54, 1.807) is 45.0 Å². The summed E-state index contributed by atoms with van der Waals surface area (Å²) in [5.41, 5.74) is 2.77. The molecule has 2 atom stereocenters. The first-order valence-electron chi connectivity index (χ1n) is 8.14. The fraction of sp³-hybridized carbons (Fsp3) is 0.316. The summed E-state index contributed by atoms with van der Waals surface area (Å²) in [7, 11) is 0. The molecule has 0 radical (unpaired) electrons. The maximum Gasteiger partial charge on any atom is 0.355 e. The van der Waals surface area contributed by atoms with Gasteiger partial charge in [0.15, 0.2) is 6.10 Å². The Labute approximate surface area is 151 Å². The number of aryl methyl sites for hydroxylation is 1. The average Bonchev–Trinajstić information content (AvgIpc) is 2.89. The van der Waals surface area contributed by atoms with E-state index in [9.17, 15) is 14.7 Å². The molecule has 0 fully saturated rings. The highest BCUT2D eigenvalue weighted by molar-refractivity contribution is 5.98. The van der Waals surface area contributed by atoms with E-state index in [0.717, 1.165) is 0 Å². The molecule has 0 aliphatic carbocycles. The predicted molar refractivity (Wildman–Crippen MR) is 95.6 cm³/mol. The maximum atomic E-state index is 12.4. The quantitative estimate of drug-likeness (QED) is 0.713. The largest absolute Gasteiger partial charge is 0.448 e. The molecule has 7 heteroatoms. The van der Waals surface area contributed by atoms with E-state index < -0.39 is 24.1 Å². The molecule has 1 aromatic heterocycles. The van der Waals surface area contributed by atoms with E-state index in [-0.39, 0.29) is 5.69 Å². The number of aromatic amines is 1. The minimum atomic E-state index is -1.06. The van der Waals surface area contributed by atoms with Crippen LogP contribution >= 0.6 is 0 Å². The second-order valence-corrected chi connectivity index (χ2v) is 6.03. The molecule has 2 rings (SSSR count). The van der Waals surface area contributed by atoms with Crippen molar-refractivity contribution >= 4 is 17.6 Å². The Kier molecular flexibility index (Phi) is 5.80. The van der Waals surface area contributed by atoms with Crippen LogP contribution in [0.2, 0.25) is 0 Å². The van der Waals surface area contributed by atoms with E-state index in [1.165, 1.54) is 6.92 Å². The molecule has 0 aliphatic heterocycles. The third-order valence-electron chi connectivity index (χ3n) is 4.08. The third kappa shape index (κ3) is 3.92. The van der Waals surface area contributed by atoms with Crippen molar-refractivity contribution in [2.24, 2.45) is 0 Å². The van der Waals surface area contributed by atoms with Crippen LogP contribution in [0.15, 0.2) is 24.3 Å². The Morgan fingerprint density at radius 1 is 1.27 bits per heavy atom. The van der Waals surface area contributed by atoms with Gasteiger partial charge in [-0.1, -0.05) is 12.1 Å². The van der Waals surface area contributed by atoms with Gasteiger partial charge in [-0.05, 0) is 45.4 Å². The lowest BCUT2D eigenvalue weighted by Crippen LogP contribution is -2.30. The van der Waals surface area contributed by atoms with E-state index in [1.807, 2.05) is 6.07 Å². The van der Waals surface area contributed by atoms with Crippen molar-refractivity contribution in [1.29, 1.82) is 5.26 Å². The second-order valence-electron chi connectivity index (χ2n) is 6.03.